The molecule has 120 valence electrons. The first-order valence-electron chi connectivity index (χ1n) is 8.16. The van der Waals surface area contributed by atoms with Gasteiger partial charge in [-0.2, -0.15) is 0 Å². The highest BCUT2D eigenvalue weighted by Gasteiger charge is 2.16. The first-order valence-corrected chi connectivity index (χ1v) is 8.16. The molecule has 0 aliphatic carbocycles. The molecule has 0 amide bonds. The summed E-state index contributed by atoms with van der Waals surface area (Å²) in [4.78, 5) is 11.6. The summed E-state index contributed by atoms with van der Waals surface area (Å²) in [5.74, 6) is 1.93. The Kier molecular flexibility index (Phi) is 7.09. The van der Waals surface area contributed by atoms with Gasteiger partial charge in [-0.05, 0) is 25.8 Å². The molecule has 1 aromatic rings. The summed E-state index contributed by atoms with van der Waals surface area (Å²) >= 11 is 0. The average molecular weight is 292 g/mol. The van der Waals surface area contributed by atoms with E-state index >= 15 is 0 Å². The molecule has 0 bridgehead atoms. The summed E-state index contributed by atoms with van der Waals surface area (Å²) < 4.78 is 0. The zero-order valence-corrected chi connectivity index (χ0v) is 14.8. The lowest BCUT2D eigenvalue weighted by Gasteiger charge is -2.28. The monoisotopic (exact) mass is 292 g/mol. The van der Waals surface area contributed by atoms with Crippen LogP contribution in [0.4, 0.5) is 5.69 Å². The number of nitrogens with zero attached hydrogens (tertiary/aromatic N) is 3. The Morgan fingerprint density at radius 3 is 2.38 bits per heavy atom. The average Bonchev–Trinajstić information content (AvgIpc) is 2.45. The Morgan fingerprint density at radius 1 is 1.19 bits per heavy atom. The first-order chi connectivity index (χ1) is 9.86. The van der Waals surface area contributed by atoms with Crippen molar-refractivity contribution < 1.29 is 0 Å². The quantitative estimate of drug-likeness (QED) is 0.795. The van der Waals surface area contributed by atoms with E-state index in [4.69, 9.17) is 4.98 Å². The van der Waals surface area contributed by atoms with Gasteiger partial charge in [-0.3, -0.25) is 0 Å². The maximum Gasteiger partial charge on any atom is 0.131 e. The van der Waals surface area contributed by atoms with E-state index in [0.717, 1.165) is 36.7 Å². The van der Waals surface area contributed by atoms with Crippen molar-refractivity contribution in [2.75, 3.05) is 18.5 Å². The molecule has 1 heterocycles. The molecule has 0 aliphatic heterocycles. The summed E-state index contributed by atoms with van der Waals surface area (Å²) in [6.07, 6.45) is 3.10. The van der Waals surface area contributed by atoms with E-state index in [2.05, 4.69) is 63.8 Å². The van der Waals surface area contributed by atoms with Crippen LogP contribution in [0, 0.1) is 5.92 Å². The molecule has 0 radical (unpaired) electrons. The largest absolute Gasteiger partial charge is 0.369 e. The Morgan fingerprint density at radius 2 is 1.86 bits per heavy atom. The Bertz CT molecular complexity index is 429. The fourth-order valence-electron chi connectivity index (χ4n) is 2.12. The molecule has 0 fully saturated rings. The van der Waals surface area contributed by atoms with Crippen molar-refractivity contribution in [2.45, 2.75) is 66.5 Å². The Labute approximate surface area is 130 Å². The van der Waals surface area contributed by atoms with E-state index < -0.39 is 0 Å². The van der Waals surface area contributed by atoms with Crippen molar-refractivity contribution >= 4 is 5.69 Å². The molecular weight excluding hydrogens is 260 g/mol. The minimum Gasteiger partial charge on any atom is -0.369 e. The third-order valence-electron chi connectivity index (χ3n) is 3.86. The SMILES string of the molecule is CCC(C)N(C)c1cnc(C(C)C)nc1CNCC(C)C. The van der Waals surface area contributed by atoms with E-state index in [1.54, 1.807) is 0 Å². The van der Waals surface area contributed by atoms with Gasteiger partial charge >= 0.3 is 0 Å². The molecule has 1 N–H and O–H groups in total. The molecular formula is C17H32N4. The van der Waals surface area contributed by atoms with E-state index in [1.807, 2.05) is 6.20 Å². The van der Waals surface area contributed by atoms with Crippen LogP contribution in [0.5, 0.6) is 0 Å². The third kappa shape index (κ3) is 5.27. The summed E-state index contributed by atoms with van der Waals surface area (Å²) in [6.45, 7) is 15.0. The molecule has 1 atom stereocenters. The predicted octanol–water partition coefficient (Wildman–Crippen LogP) is 3.58. The molecule has 1 rings (SSSR count). The molecule has 0 saturated carbocycles. The molecule has 0 saturated heterocycles. The molecule has 4 heteroatoms. The second-order valence-corrected chi connectivity index (χ2v) is 6.61. The van der Waals surface area contributed by atoms with Crippen LogP contribution in [0.2, 0.25) is 0 Å². The van der Waals surface area contributed by atoms with Crippen molar-refractivity contribution in [1.82, 2.24) is 15.3 Å². The molecule has 4 nitrogen and oxygen atoms in total. The maximum absolute atomic E-state index is 4.79. The van der Waals surface area contributed by atoms with E-state index in [1.165, 1.54) is 0 Å². The standard InChI is InChI=1S/C17H32N4/c1-8-14(6)21(7)16-11-19-17(13(4)5)20-15(16)10-18-9-12(2)3/h11-14,18H,8-10H2,1-7H3. The second kappa shape index (κ2) is 8.32. The first kappa shape index (κ1) is 17.9. The van der Waals surface area contributed by atoms with Crippen LogP contribution in [0.15, 0.2) is 6.20 Å². The van der Waals surface area contributed by atoms with Gasteiger partial charge in [0.05, 0.1) is 17.6 Å². The van der Waals surface area contributed by atoms with Crippen LogP contribution in [0.25, 0.3) is 0 Å². The van der Waals surface area contributed by atoms with E-state index in [0.29, 0.717) is 17.9 Å². The van der Waals surface area contributed by atoms with Crippen LogP contribution in [-0.2, 0) is 6.54 Å². The lowest BCUT2D eigenvalue weighted by Crippen LogP contribution is -2.31. The molecule has 0 aromatic carbocycles. The van der Waals surface area contributed by atoms with Crippen LogP contribution in [0.3, 0.4) is 0 Å². The van der Waals surface area contributed by atoms with Crippen LogP contribution >= 0.6 is 0 Å². The van der Waals surface area contributed by atoms with Crippen molar-refractivity contribution in [3.05, 3.63) is 17.7 Å². The van der Waals surface area contributed by atoms with E-state index in [-0.39, 0.29) is 0 Å². The third-order valence-corrected chi connectivity index (χ3v) is 3.86. The van der Waals surface area contributed by atoms with E-state index in [9.17, 15) is 0 Å². The smallest absolute Gasteiger partial charge is 0.131 e. The Balaban J connectivity index is 2.99. The summed E-state index contributed by atoms with van der Waals surface area (Å²) in [7, 11) is 2.13. The van der Waals surface area contributed by atoms with Crippen molar-refractivity contribution in [1.29, 1.82) is 0 Å². The molecule has 0 spiro atoms. The molecule has 21 heavy (non-hydrogen) atoms. The summed E-state index contributed by atoms with van der Waals surface area (Å²) in [5, 5.41) is 3.50. The van der Waals surface area contributed by atoms with Crippen molar-refractivity contribution in [2.24, 2.45) is 5.92 Å². The van der Waals surface area contributed by atoms with Gasteiger partial charge in [-0.25, -0.2) is 9.97 Å². The highest BCUT2D eigenvalue weighted by Crippen LogP contribution is 2.22. The second-order valence-electron chi connectivity index (χ2n) is 6.61. The van der Waals surface area contributed by atoms with Gasteiger partial charge in [-0.1, -0.05) is 34.6 Å². The number of hydrogen-bond donors (Lipinski definition) is 1. The zero-order chi connectivity index (χ0) is 16.0. The lowest BCUT2D eigenvalue weighted by atomic mass is 10.1. The molecule has 0 aliphatic rings. The van der Waals surface area contributed by atoms with Gasteiger partial charge in [0.2, 0.25) is 0 Å². The van der Waals surface area contributed by atoms with Crippen LogP contribution < -0.4 is 10.2 Å². The lowest BCUT2D eigenvalue weighted by molar-refractivity contribution is 0.544. The van der Waals surface area contributed by atoms with Gasteiger partial charge in [0.15, 0.2) is 0 Å². The zero-order valence-electron chi connectivity index (χ0n) is 14.8. The topological polar surface area (TPSA) is 41.1 Å². The number of anilines is 1. The van der Waals surface area contributed by atoms with Gasteiger partial charge in [0.1, 0.15) is 5.82 Å². The molecule has 1 unspecified atom stereocenters. The van der Waals surface area contributed by atoms with Crippen molar-refractivity contribution in [3.63, 3.8) is 0 Å². The maximum atomic E-state index is 4.79. The highest BCUT2D eigenvalue weighted by atomic mass is 15.2. The van der Waals surface area contributed by atoms with Crippen LogP contribution in [-0.4, -0.2) is 29.6 Å². The minimum absolute atomic E-state index is 0.358. The van der Waals surface area contributed by atoms with Gasteiger partial charge in [-0.15, -0.1) is 0 Å². The fourth-order valence-corrected chi connectivity index (χ4v) is 2.12. The molecule has 1 aromatic heterocycles. The normalized spacial score (nSPS) is 13.0. The van der Waals surface area contributed by atoms with Crippen LogP contribution in [0.1, 0.15) is 65.4 Å². The summed E-state index contributed by atoms with van der Waals surface area (Å²) in [5.41, 5.74) is 2.25. The highest BCUT2D eigenvalue weighted by molar-refractivity contribution is 5.49. The fraction of sp³-hybridized carbons (Fsp3) is 0.765. The predicted molar refractivity (Wildman–Crippen MR) is 90.8 cm³/mol. The minimum atomic E-state index is 0.358. The number of nitrogens with one attached hydrogen (secondary N) is 1. The van der Waals surface area contributed by atoms with Gasteiger partial charge in [0.25, 0.3) is 0 Å². The Hall–Kier alpha value is -1.16. The van der Waals surface area contributed by atoms with Gasteiger partial charge in [0, 0.05) is 25.6 Å². The number of aromatic nitrogens is 2. The van der Waals surface area contributed by atoms with Gasteiger partial charge < -0.3 is 10.2 Å². The number of rotatable bonds is 8. The number of hydrogen-bond acceptors (Lipinski definition) is 4. The van der Waals surface area contributed by atoms with Crippen molar-refractivity contribution in [3.8, 4) is 0 Å². The summed E-state index contributed by atoms with van der Waals surface area (Å²) in [6, 6.07) is 0.488.